The van der Waals surface area contributed by atoms with Gasteiger partial charge >= 0.3 is 0 Å². The Morgan fingerprint density at radius 3 is 2.07 bits per heavy atom. The van der Waals surface area contributed by atoms with Gasteiger partial charge in [0.05, 0.1) is 0 Å². The van der Waals surface area contributed by atoms with Gasteiger partial charge in [0.2, 0.25) is 0 Å². The Hall–Kier alpha value is 0.0649. The lowest BCUT2D eigenvalue weighted by Crippen LogP contribution is -2.21. The van der Waals surface area contributed by atoms with E-state index in [-0.39, 0.29) is 0 Å². The lowest BCUT2D eigenvalue weighted by molar-refractivity contribution is 0.239. The van der Waals surface area contributed by atoms with Crippen molar-refractivity contribution in [1.82, 2.24) is 0 Å². The molecular weight excluding hydrogens is 167 g/mol. The maximum absolute atomic E-state index is 2.50. The zero-order chi connectivity index (χ0) is 11.2. The Balaban J connectivity index is 3.69. The molecular formula is C13H28B. The first-order chi connectivity index (χ1) is 6.44. The molecule has 83 valence electrons. The van der Waals surface area contributed by atoms with Gasteiger partial charge in [0.1, 0.15) is 7.28 Å². The maximum atomic E-state index is 2.50. The molecule has 0 aromatic rings. The van der Waals surface area contributed by atoms with E-state index in [9.17, 15) is 0 Å². The molecule has 0 aliphatic rings. The summed E-state index contributed by atoms with van der Waals surface area (Å²) in [6.45, 7) is 14.1. The SMILES string of the molecule is CC[C@H](C)C[B]C[C@H](C)C(C)(C)CC. The molecule has 0 N–H and O–H groups in total. The maximum Gasteiger partial charge on any atom is 0.110 e. The van der Waals surface area contributed by atoms with Crippen molar-refractivity contribution in [1.29, 1.82) is 0 Å². The highest BCUT2D eigenvalue weighted by molar-refractivity contribution is 6.35. The van der Waals surface area contributed by atoms with Crippen molar-refractivity contribution in [3.05, 3.63) is 0 Å². The first kappa shape index (κ1) is 14.1. The third-order valence-corrected chi connectivity index (χ3v) is 4.03. The monoisotopic (exact) mass is 195 g/mol. The normalized spacial score (nSPS) is 16.4. The van der Waals surface area contributed by atoms with Crippen molar-refractivity contribution < 1.29 is 0 Å². The Morgan fingerprint density at radius 1 is 1.07 bits per heavy atom. The summed E-state index contributed by atoms with van der Waals surface area (Å²) in [7, 11) is 2.50. The second-order valence-corrected chi connectivity index (χ2v) is 5.52. The molecule has 0 nitrogen and oxygen atoms in total. The first-order valence-corrected chi connectivity index (χ1v) is 6.25. The van der Waals surface area contributed by atoms with Crippen molar-refractivity contribution in [2.24, 2.45) is 17.3 Å². The molecule has 0 spiro atoms. The van der Waals surface area contributed by atoms with E-state index in [0.717, 1.165) is 11.8 Å². The van der Waals surface area contributed by atoms with Gasteiger partial charge in [-0.25, -0.2) is 0 Å². The van der Waals surface area contributed by atoms with E-state index in [4.69, 9.17) is 0 Å². The van der Waals surface area contributed by atoms with Crippen molar-refractivity contribution >= 4 is 7.28 Å². The molecule has 2 atom stereocenters. The topological polar surface area (TPSA) is 0 Å². The lowest BCUT2D eigenvalue weighted by atomic mass is 9.59. The zero-order valence-electron chi connectivity index (χ0n) is 11.1. The van der Waals surface area contributed by atoms with Crippen LogP contribution in [0.5, 0.6) is 0 Å². The number of hydrogen-bond acceptors (Lipinski definition) is 0. The van der Waals surface area contributed by atoms with Gasteiger partial charge in [0.15, 0.2) is 0 Å². The molecule has 0 amide bonds. The fraction of sp³-hybridized carbons (Fsp3) is 1.00. The first-order valence-electron chi connectivity index (χ1n) is 6.25. The van der Waals surface area contributed by atoms with Crippen LogP contribution in [0.3, 0.4) is 0 Å². The van der Waals surface area contributed by atoms with E-state index in [1.807, 2.05) is 0 Å². The van der Waals surface area contributed by atoms with Crippen LogP contribution in [0.4, 0.5) is 0 Å². The van der Waals surface area contributed by atoms with E-state index in [0.29, 0.717) is 5.41 Å². The summed E-state index contributed by atoms with van der Waals surface area (Å²) in [4.78, 5) is 0. The van der Waals surface area contributed by atoms with Crippen molar-refractivity contribution in [2.75, 3.05) is 0 Å². The molecule has 14 heavy (non-hydrogen) atoms. The van der Waals surface area contributed by atoms with Gasteiger partial charge in [0.25, 0.3) is 0 Å². The fourth-order valence-corrected chi connectivity index (χ4v) is 1.46. The van der Waals surface area contributed by atoms with Crippen LogP contribution in [-0.4, -0.2) is 7.28 Å². The third-order valence-electron chi connectivity index (χ3n) is 4.03. The molecule has 0 bridgehead atoms. The Bertz CT molecular complexity index is 140. The fourth-order valence-electron chi connectivity index (χ4n) is 1.46. The minimum atomic E-state index is 0.506. The molecule has 0 rings (SSSR count). The van der Waals surface area contributed by atoms with E-state index in [1.54, 1.807) is 0 Å². The quantitative estimate of drug-likeness (QED) is 0.519. The molecule has 0 unspecified atom stereocenters. The van der Waals surface area contributed by atoms with Crippen LogP contribution in [0.1, 0.15) is 54.4 Å². The van der Waals surface area contributed by atoms with Gasteiger partial charge < -0.3 is 0 Å². The molecule has 0 heterocycles. The summed E-state index contributed by atoms with van der Waals surface area (Å²) in [6.07, 6.45) is 5.17. The summed E-state index contributed by atoms with van der Waals surface area (Å²) in [6, 6.07) is 0. The Morgan fingerprint density at radius 2 is 1.64 bits per heavy atom. The number of rotatable bonds is 7. The van der Waals surface area contributed by atoms with Gasteiger partial charge in [-0.15, -0.1) is 0 Å². The minimum Gasteiger partial charge on any atom is -0.0778 e. The van der Waals surface area contributed by atoms with E-state index < -0.39 is 0 Å². The van der Waals surface area contributed by atoms with Crippen LogP contribution >= 0.6 is 0 Å². The van der Waals surface area contributed by atoms with Crippen LogP contribution in [0.15, 0.2) is 0 Å². The standard InChI is InChI=1S/C13H28B/c1-7-11(3)9-14-10-12(4)13(5,6)8-2/h11-12H,7-10H2,1-6H3/t11-,12-/m0/s1. The highest BCUT2D eigenvalue weighted by Crippen LogP contribution is 2.32. The molecule has 0 saturated carbocycles. The van der Waals surface area contributed by atoms with Crippen LogP contribution in [0.25, 0.3) is 0 Å². The van der Waals surface area contributed by atoms with Gasteiger partial charge in [-0.1, -0.05) is 72.9 Å². The molecule has 0 aliphatic carbocycles. The summed E-state index contributed by atoms with van der Waals surface area (Å²) < 4.78 is 0. The smallest absolute Gasteiger partial charge is 0.0778 e. The lowest BCUT2D eigenvalue weighted by Gasteiger charge is -2.30. The molecule has 0 aromatic heterocycles. The summed E-state index contributed by atoms with van der Waals surface area (Å²) in [5.74, 6) is 1.68. The van der Waals surface area contributed by atoms with Gasteiger partial charge in [0, 0.05) is 0 Å². The highest BCUT2D eigenvalue weighted by Gasteiger charge is 2.23. The molecule has 0 aliphatic heterocycles. The van der Waals surface area contributed by atoms with Crippen LogP contribution in [0.2, 0.25) is 12.6 Å². The van der Waals surface area contributed by atoms with Crippen LogP contribution in [0, 0.1) is 17.3 Å². The summed E-state index contributed by atoms with van der Waals surface area (Å²) in [5.41, 5.74) is 0.506. The summed E-state index contributed by atoms with van der Waals surface area (Å²) in [5, 5.41) is 0. The third kappa shape index (κ3) is 5.07. The van der Waals surface area contributed by atoms with E-state index in [1.165, 1.54) is 25.5 Å². The molecule has 1 radical (unpaired) electrons. The second-order valence-electron chi connectivity index (χ2n) is 5.52. The van der Waals surface area contributed by atoms with Gasteiger partial charge in [-0.2, -0.15) is 0 Å². The van der Waals surface area contributed by atoms with E-state index >= 15 is 0 Å². The van der Waals surface area contributed by atoms with Crippen molar-refractivity contribution in [3.8, 4) is 0 Å². The predicted molar refractivity (Wildman–Crippen MR) is 68.1 cm³/mol. The average Bonchev–Trinajstić information content (AvgIpc) is 2.17. The predicted octanol–water partition coefficient (Wildman–Crippen LogP) is 4.65. The average molecular weight is 195 g/mol. The van der Waals surface area contributed by atoms with Crippen molar-refractivity contribution in [3.63, 3.8) is 0 Å². The zero-order valence-corrected chi connectivity index (χ0v) is 11.1. The Labute approximate surface area is 92.1 Å². The summed E-state index contributed by atoms with van der Waals surface area (Å²) >= 11 is 0. The highest BCUT2D eigenvalue weighted by atomic mass is 14.3. The molecule has 1 heteroatoms. The van der Waals surface area contributed by atoms with Crippen LogP contribution in [-0.2, 0) is 0 Å². The molecule has 0 fully saturated rings. The van der Waals surface area contributed by atoms with Crippen molar-refractivity contribution in [2.45, 2.75) is 67.0 Å². The second kappa shape index (κ2) is 6.53. The van der Waals surface area contributed by atoms with Crippen LogP contribution < -0.4 is 0 Å². The van der Waals surface area contributed by atoms with E-state index in [2.05, 4.69) is 48.8 Å². The van der Waals surface area contributed by atoms with Gasteiger partial charge in [-0.3, -0.25) is 0 Å². The Kier molecular flexibility index (Phi) is 6.56. The molecule has 0 aromatic carbocycles. The largest absolute Gasteiger partial charge is 0.110 e. The number of hydrogen-bond donors (Lipinski definition) is 0. The minimum absolute atomic E-state index is 0.506. The van der Waals surface area contributed by atoms with Gasteiger partial charge in [-0.05, 0) is 11.3 Å². The molecule has 0 saturated heterocycles.